The smallest absolute Gasteiger partial charge is 0.312 e. The molecule has 0 N–H and O–H groups in total. The van der Waals surface area contributed by atoms with Gasteiger partial charge in [-0.3, -0.25) is 4.79 Å². The molecule has 2 rings (SSSR count). The fraction of sp³-hybridized carbons (Fsp3) is 0.286. The molecule has 5 heteroatoms. The van der Waals surface area contributed by atoms with Crippen LogP contribution < -0.4 is 4.74 Å². The minimum absolute atomic E-state index is 0.0890. The molecule has 0 amide bonds. The van der Waals surface area contributed by atoms with Gasteiger partial charge in [0.25, 0.3) is 0 Å². The highest BCUT2D eigenvalue weighted by atomic mass is 16.5. The van der Waals surface area contributed by atoms with Crippen LogP contribution in [-0.4, -0.2) is 24.3 Å². The van der Waals surface area contributed by atoms with Gasteiger partial charge in [-0.05, 0) is 25.1 Å². The first-order valence-corrected chi connectivity index (χ1v) is 6.02. The zero-order valence-electron chi connectivity index (χ0n) is 10.7. The van der Waals surface area contributed by atoms with Crippen LogP contribution in [0.3, 0.4) is 0 Å². The monoisotopic (exact) mass is 261 g/mol. The summed E-state index contributed by atoms with van der Waals surface area (Å²) < 4.78 is 15.5. The highest BCUT2D eigenvalue weighted by molar-refractivity contribution is 5.85. The average Bonchev–Trinajstić information content (AvgIpc) is 2.79. The lowest BCUT2D eigenvalue weighted by Crippen LogP contribution is -2.07. The molecule has 0 aliphatic rings. The second-order valence-corrected chi connectivity index (χ2v) is 3.87. The normalized spacial score (nSPS) is 10.4. The number of ether oxygens (including phenoxy) is 2. The van der Waals surface area contributed by atoms with Crippen LogP contribution >= 0.6 is 0 Å². The van der Waals surface area contributed by atoms with Gasteiger partial charge >= 0.3 is 5.97 Å². The Balaban J connectivity index is 2.23. The third kappa shape index (κ3) is 3.13. The summed E-state index contributed by atoms with van der Waals surface area (Å²) >= 11 is 0. The van der Waals surface area contributed by atoms with Crippen LogP contribution in [0, 0.1) is 0 Å². The van der Waals surface area contributed by atoms with Crippen LogP contribution in [0.25, 0.3) is 11.0 Å². The second kappa shape index (κ2) is 6.04. The van der Waals surface area contributed by atoms with Crippen LogP contribution in [-0.2, 0) is 16.0 Å². The molecule has 100 valence electrons. The van der Waals surface area contributed by atoms with Gasteiger partial charge in [-0.1, -0.05) is 17.8 Å². The molecule has 0 aliphatic carbocycles. The molecule has 0 saturated heterocycles. The standard InChI is InChI=1S/C14H15NO4/c1-3-7-18-10-5-6-13-11(8-10)12(15-19-13)9-14(16)17-4-2/h3,5-6,8H,1,4,7,9H2,2H3. The van der Waals surface area contributed by atoms with E-state index in [0.717, 1.165) is 5.39 Å². The Morgan fingerprint density at radius 3 is 3.11 bits per heavy atom. The van der Waals surface area contributed by atoms with E-state index in [4.69, 9.17) is 14.0 Å². The van der Waals surface area contributed by atoms with E-state index in [1.165, 1.54) is 0 Å². The van der Waals surface area contributed by atoms with Crippen molar-refractivity contribution in [3.05, 3.63) is 36.5 Å². The van der Waals surface area contributed by atoms with Gasteiger partial charge in [-0.2, -0.15) is 0 Å². The maximum Gasteiger partial charge on any atom is 0.312 e. The van der Waals surface area contributed by atoms with Crippen molar-refractivity contribution in [2.24, 2.45) is 0 Å². The number of aromatic nitrogens is 1. The predicted octanol–water partition coefficient (Wildman–Crippen LogP) is 2.50. The minimum Gasteiger partial charge on any atom is -0.490 e. The number of nitrogens with zero attached hydrogens (tertiary/aromatic N) is 1. The first-order valence-electron chi connectivity index (χ1n) is 6.02. The Bertz CT molecular complexity index is 588. The molecule has 0 aliphatic heterocycles. The molecule has 0 atom stereocenters. The van der Waals surface area contributed by atoms with Crippen molar-refractivity contribution in [3.63, 3.8) is 0 Å². The van der Waals surface area contributed by atoms with Crippen molar-refractivity contribution in [3.8, 4) is 5.75 Å². The summed E-state index contributed by atoms with van der Waals surface area (Å²) in [7, 11) is 0. The van der Waals surface area contributed by atoms with Crippen molar-refractivity contribution < 1.29 is 18.8 Å². The van der Waals surface area contributed by atoms with E-state index in [1.54, 1.807) is 31.2 Å². The van der Waals surface area contributed by atoms with Gasteiger partial charge in [-0.15, -0.1) is 0 Å². The van der Waals surface area contributed by atoms with Crippen LogP contribution in [0.2, 0.25) is 0 Å². The Hall–Kier alpha value is -2.30. The van der Waals surface area contributed by atoms with E-state index in [-0.39, 0.29) is 12.4 Å². The summed E-state index contributed by atoms with van der Waals surface area (Å²) in [5.74, 6) is 0.357. The molecular weight excluding hydrogens is 246 g/mol. The third-order valence-electron chi connectivity index (χ3n) is 2.50. The lowest BCUT2D eigenvalue weighted by atomic mass is 10.1. The Labute approximate surface area is 110 Å². The number of hydrogen-bond acceptors (Lipinski definition) is 5. The number of carbonyl (C=O) groups is 1. The molecule has 2 aromatic rings. The molecular formula is C14H15NO4. The SMILES string of the molecule is C=CCOc1ccc2onc(CC(=O)OCC)c2c1. The number of carbonyl (C=O) groups excluding carboxylic acids is 1. The van der Waals surface area contributed by atoms with Crippen molar-refractivity contribution in [2.45, 2.75) is 13.3 Å². The first kappa shape index (κ1) is 13.1. The second-order valence-electron chi connectivity index (χ2n) is 3.87. The van der Waals surface area contributed by atoms with Gasteiger partial charge in [0.15, 0.2) is 5.58 Å². The summed E-state index contributed by atoms with van der Waals surface area (Å²) in [5.41, 5.74) is 1.17. The third-order valence-corrected chi connectivity index (χ3v) is 2.50. The summed E-state index contributed by atoms with van der Waals surface area (Å²) in [6.45, 7) is 6.12. The molecule has 1 aromatic heterocycles. The van der Waals surface area contributed by atoms with Gasteiger partial charge in [0.05, 0.1) is 13.0 Å². The van der Waals surface area contributed by atoms with Crippen molar-refractivity contribution in [1.82, 2.24) is 5.16 Å². The van der Waals surface area contributed by atoms with Gasteiger partial charge < -0.3 is 14.0 Å². The Kier molecular flexibility index (Phi) is 4.18. The van der Waals surface area contributed by atoms with Crippen LogP contribution in [0.5, 0.6) is 5.75 Å². The zero-order valence-corrected chi connectivity index (χ0v) is 10.7. The van der Waals surface area contributed by atoms with E-state index in [9.17, 15) is 4.79 Å². The number of rotatable bonds is 6. The summed E-state index contributed by atoms with van der Waals surface area (Å²) in [4.78, 5) is 11.5. The number of benzene rings is 1. The van der Waals surface area contributed by atoms with E-state index >= 15 is 0 Å². The van der Waals surface area contributed by atoms with Crippen LogP contribution in [0.1, 0.15) is 12.6 Å². The fourth-order valence-corrected chi connectivity index (χ4v) is 1.69. The molecule has 5 nitrogen and oxygen atoms in total. The molecule has 1 aromatic carbocycles. The highest BCUT2D eigenvalue weighted by Crippen LogP contribution is 2.24. The maximum atomic E-state index is 11.5. The molecule has 1 heterocycles. The molecule has 0 spiro atoms. The molecule has 0 radical (unpaired) electrons. The minimum atomic E-state index is -0.324. The lowest BCUT2D eigenvalue weighted by molar-refractivity contribution is -0.142. The topological polar surface area (TPSA) is 61.6 Å². The highest BCUT2D eigenvalue weighted by Gasteiger charge is 2.13. The first-order chi connectivity index (χ1) is 9.24. The lowest BCUT2D eigenvalue weighted by Gasteiger charge is -2.02. The summed E-state index contributed by atoms with van der Waals surface area (Å²) in [6.07, 6.45) is 1.75. The van der Waals surface area contributed by atoms with E-state index < -0.39 is 0 Å². The largest absolute Gasteiger partial charge is 0.490 e. The Morgan fingerprint density at radius 1 is 1.53 bits per heavy atom. The zero-order chi connectivity index (χ0) is 13.7. The fourth-order valence-electron chi connectivity index (χ4n) is 1.69. The molecule has 0 unspecified atom stereocenters. The average molecular weight is 261 g/mol. The van der Waals surface area contributed by atoms with Gasteiger partial charge in [0.1, 0.15) is 18.1 Å². The van der Waals surface area contributed by atoms with Crippen molar-refractivity contribution in [1.29, 1.82) is 0 Å². The summed E-state index contributed by atoms with van der Waals surface area (Å²) in [6, 6.07) is 5.34. The van der Waals surface area contributed by atoms with E-state index in [0.29, 0.717) is 30.2 Å². The number of esters is 1. The van der Waals surface area contributed by atoms with Gasteiger partial charge in [0.2, 0.25) is 0 Å². The van der Waals surface area contributed by atoms with E-state index in [2.05, 4.69) is 11.7 Å². The van der Waals surface area contributed by atoms with Crippen molar-refractivity contribution >= 4 is 16.9 Å². The molecule has 0 fully saturated rings. The van der Waals surface area contributed by atoms with Crippen LogP contribution in [0.4, 0.5) is 0 Å². The molecule has 0 bridgehead atoms. The van der Waals surface area contributed by atoms with Gasteiger partial charge in [-0.25, -0.2) is 0 Å². The van der Waals surface area contributed by atoms with E-state index in [1.807, 2.05) is 0 Å². The number of hydrogen-bond donors (Lipinski definition) is 0. The molecule has 19 heavy (non-hydrogen) atoms. The quantitative estimate of drug-likeness (QED) is 0.590. The number of fused-ring (bicyclic) bond motifs is 1. The molecule has 0 saturated carbocycles. The summed E-state index contributed by atoms with van der Waals surface area (Å²) in [5, 5.41) is 4.65. The van der Waals surface area contributed by atoms with Crippen LogP contribution in [0.15, 0.2) is 35.4 Å². The Morgan fingerprint density at radius 2 is 2.37 bits per heavy atom. The van der Waals surface area contributed by atoms with Gasteiger partial charge in [0, 0.05) is 5.39 Å². The van der Waals surface area contributed by atoms with Crippen molar-refractivity contribution in [2.75, 3.05) is 13.2 Å². The predicted molar refractivity (Wildman–Crippen MR) is 70.0 cm³/mol. The maximum absolute atomic E-state index is 11.5.